The Balaban J connectivity index is 1.36. The second kappa shape index (κ2) is 21.0. The van der Waals surface area contributed by atoms with Crippen LogP contribution in [0.2, 0.25) is 0 Å². The highest BCUT2D eigenvalue weighted by molar-refractivity contribution is 5.99. The summed E-state index contributed by atoms with van der Waals surface area (Å²) in [7, 11) is 0. The molecule has 0 radical (unpaired) electrons. The van der Waals surface area contributed by atoms with E-state index >= 15 is 0 Å². The molecular formula is C40H68N10O6. The number of hydrogen-bond acceptors (Lipinski definition) is 8. The Bertz CT molecular complexity index is 1410. The van der Waals surface area contributed by atoms with Crippen molar-refractivity contribution in [3.63, 3.8) is 0 Å². The number of guanidine groups is 1. The minimum Gasteiger partial charge on any atom is -0.370 e. The number of nitrogens with zero attached hydrogens (tertiary/aromatic N) is 3. The van der Waals surface area contributed by atoms with Crippen LogP contribution in [0.1, 0.15) is 141 Å². The van der Waals surface area contributed by atoms with E-state index in [9.17, 15) is 28.8 Å². The molecule has 2 saturated carbocycles. The van der Waals surface area contributed by atoms with E-state index in [1.54, 1.807) is 9.80 Å². The molecule has 6 amide bonds. The van der Waals surface area contributed by atoms with Gasteiger partial charge >= 0.3 is 0 Å². The molecule has 3 heterocycles. The predicted octanol–water partition coefficient (Wildman–Crippen LogP) is 1.19. The van der Waals surface area contributed by atoms with Crippen LogP contribution in [0.25, 0.3) is 0 Å². The Morgan fingerprint density at radius 1 is 0.661 bits per heavy atom. The standard InChI is InChI=1S/C40H68N10O6/c41-28-16-8-3-1-2-4-9-22-44-34(52)31-18-11-24-49(31)36(54)29(17-10-23-45-39(42)43)47-38(56)40(20-13-21-40)48-35(53)32-19-12-25-50(32)37(55)30(46-33(28)51)26-27-14-6-5-7-15-27/h27-32H,1-26,41H2,(H,44,52)(H,46,51)(H,47,56)(H,48,53)(H4,42,43,45)/t28-,29-,30-,31-,32-/m0/s1. The van der Waals surface area contributed by atoms with Crippen LogP contribution in [0.3, 0.4) is 0 Å². The van der Waals surface area contributed by atoms with Gasteiger partial charge in [0, 0.05) is 26.2 Å². The number of nitrogens with two attached hydrogens (primary N) is 3. The maximum Gasteiger partial charge on any atom is 0.246 e. The molecule has 0 unspecified atom stereocenters. The third-order valence-electron chi connectivity index (χ3n) is 12.7. The summed E-state index contributed by atoms with van der Waals surface area (Å²) in [6.45, 7) is 1.53. The van der Waals surface area contributed by atoms with Gasteiger partial charge in [-0.05, 0) is 83.0 Å². The quantitative estimate of drug-likeness (QED) is 0.116. The first-order chi connectivity index (χ1) is 27.0. The number of nitrogens with one attached hydrogen (secondary N) is 4. The molecule has 5 rings (SSSR count). The van der Waals surface area contributed by atoms with Gasteiger partial charge in [0.2, 0.25) is 35.4 Å². The Morgan fingerprint density at radius 3 is 1.89 bits per heavy atom. The Morgan fingerprint density at radius 2 is 1.25 bits per heavy atom. The van der Waals surface area contributed by atoms with E-state index in [2.05, 4.69) is 26.3 Å². The molecule has 5 aliphatic rings. The lowest BCUT2D eigenvalue weighted by Crippen LogP contribution is -2.67. The van der Waals surface area contributed by atoms with Gasteiger partial charge in [0.05, 0.1) is 6.04 Å². The minimum atomic E-state index is -1.25. The van der Waals surface area contributed by atoms with Crippen molar-refractivity contribution >= 4 is 41.4 Å². The summed E-state index contributed by atoms with van der Waals surface area (Å²) >= 11 is 0. The Labute approximate surface area is 332 Å². The van der Waals surface area contributed by atoms with E-state index < -0.39 is 47.6 Å². The second-order valence-corrected chi connectivity index (χ2v) is 16.9. The van der Waals surface area contributed by atoms with Crippen LogP contribution in [-0.2, 0) is 28.8 Å². The maximum absolute atomic E-state index is 14.3. The van der Waals surface area contributed by atoms with Crippen LogP contribution >= 0.6 is 0 Å². The van der Waals surface area contributed by atoms with Crippen molar-refractivity contribution in [2.24, 2.45) is 28.1 Å². The van der Waals surface area contributed by atoms with Gasteiger partial charge in [-0.1, -0.05) is 64.2 Å². The van der Waals surface area contributed by atoms with Crippen molar-refractivity contribution < 1.29 is 28.8 Å². The summed E-state index contributed by atoms with van der Waals surface area (Å²) in [5, 5.41) is 12.0. The van der Waals surface area contributed by atoms with Gasteiger partial charge in [0.25, 0.3) is 0 Å². The van der Waals surface area contributed by atoms with Gasteiger partial charge in [-0.3, -0.25) is 33.8 Å². The van der Waals surface area contributed by atoms with Gasteiger partial charge in [-0.25, -0.2) is 0 Å². The van der Waals surface area contributed by atoms with Crippen LogP contribution in [0.15, 0.2) is 4.99 Å². The van der Waals surface area contributed by atoms with Crippen molar-refractivity contribution in [1.29, 1.82) is 0 Å². The van der Waals surface area contributed by atoms with Crippen molar-refractivity contribution in [1.82, 2.24) is 31.1 Å². The highest BCUT2D eigenvalue weighted by atomic mass is 16.2. The van der Waals surface area contributed by atoms with Gasteiger partial charge in [-0.2, -0.15) is 0 Å². The van der Waals surface area contributed by atoms with Gasteiger partial charge in [0.15, 0.2) is 5.96 Å². The number of carbonyl (C=O) groups is 6. The third kappa shape index (κ3) is 11.6. The highest BCUT2D eigenvalue weighted by Gasteiger charge is 2.49. The average Bonchev–Trinajstić information content (AvgIpc) is 3.87. The molecule has 16 nitrogen and oxygen atoms in total. The lowest BCUT2D eigenvalue weighted by molar-refractivity contribution is -0.146. The smallest absolute Gasteiger partial charge is 0.246 e. The first kappa shape index (κ1) is 43.2. The van der Waals surface area contributed by atoms with Crippen molar-refractivity contribution in [3.05, 3.63) is 0 Å². The lowest BCUT2D eigenvalue weighted by Gasteiger charge is -2.43. The monoisotopic (exact) mass is 785 g/mol. The molecule has 3 saturated heterocycles. The number of rotatable bonds is 6. The van der Waals surface area contributed by atoms with E-state index in [4.69, 9.17) is 17.2 Å². The van der Waals surface area contributed by atoms with E-state index in [0.29, 0.717) is 89.8 Å². The van der Waals surface area contributed by atoms with Crippen molar-refractivity contribution in [2.75, 3.05) is 26.2 Å². The normalized spacial score (nSPS) is 29.7. The molecule has 5 atom stereocenters. The van der Waals surface area contributed by atoms with Crippen LogP contribution in [0.4, 0.5) is 0 Å². The predicted molar refractivity (Wildman–Crippen MR) is 212 cm³/mol. The van der Waals surface area contributed by atoms with Gasteiger partial charge < -0.3 is 48.3 Å². The molecule has 1 spiro atoms. The Hall–Kier alpha value is -3.95. The number of aliphatic imine (C=N–C) groups is 1. The third-order valence-corrected chi connectivity index (χ3v) is 12.7. The van der Waals surface area contributed by atoms with Gasteiger partial charge in [-0.15, -0.1) is 0 Å². The SMILES string of the molecule is NC(N)=NCCC[C@@H]1NC(=O)C2(CCC2)NC(=O)[C@@H]2CCCN2C(=O)[C@H](CC2CCCCC2)NC(=O)[C@@H](N)CCCCCCCCNC(=O)[C@@H]2CCCN2C1=O. The van der Waals surface area contributed by atoms with E-state index in [1.165, 1.54) is 0 Å². The zero-order valence-corrected chi connectivity index (χ0v) is 33.4. The number of hydrogen-bond donors (Lipinski definition) is 7. The summed E-state index contributed by atoms with van der Waals surface area (Å²) in [6, 6.07) is -3.92. The van der Waals surface area contributed by atoms with Crippen LogP contribution in [-0.4, -0.2) is 113 Å². The van der Waals surface area contributed by atoms with Gasteiger partial charge in [0.1, 0.15) is 29.7 Å². The molecule has 3 aliphatic heterocycles. The second-order valence-electron chi connectivity index (χ2n) is 16.9. The molecule has 0 aromatic carbocycles. The lowest BCUT2D eigenvalue weighted by atomic mass is 9.75. The average molecular weight is 785 g/mol. The summed E-state index contributed by atoms with van der Waals surface area (Å²) in [5.74, 6) is -1.83. The van der Waals surface area contributed by atoms with Crippen LogP contribution < -0.4 is 38.5 Å². The zero-order valence-electron chi connectivity index (χ0n) is 33.4. The van der Waals surface area contributed by atoms with E-state index in [1.807, 2.05) is 0 Å². The minimum absolute atomic E-state index is 0.0711. The first-order valence-electron chi connectivity index (χ1n) is 21.6. The summed E-state index contributed by atoms with van der Waals surface area (Å²) in [4.78, 5) is 90.8. The summed E-state index contributed by atoms with van der Waals surface area (Å²) in [5.41, 5.74) is 16.2. The van der Waals surface area contributed by atoms with Crippen LogP contribution in [0.5, 0.6) is 0 Å². The summed E-state index contributed by atoms with van der Waals surface area (Å²) < 4.78 is 0. The van der Waals surface area contributed by atoms with Crippen molar-refractivity contribution in [3.8, 4) is 0 Å². The first-order valence-corrected chi connectivity index (χ1v) is 21.6. The zero-order chi connectivity index (χ0) is 40.1. The van der Waals surface area contributed by atoms with Crippen molar-refractivity contribution in [2.45, 2.75) is 177 Å². The molecule has 0 aromatic rings. The largest absolute Gasteiger partial charge is 0.370 e. The highest BCUT2D eigenvalue weighted by Crippen LogP contribution is 2.34. The number of amides is 6. The number of carbonyl (C=O) groups excluding carboxylic acids is 6. The summed E-state index contributed by atoms with van der Waals surface area (Å²) in [6.07, 6.45) is 16.1. The van der Waals surface area contributed by atoms with E-state index in [-0.39, 0.29) is 42.6 Å². The maximum atomic E-state index is 14.3. The molecular weight excluding hydrogens is 717 g/mol. The molecule has 16 heteroatoms. The molecule has 10 N–H and O–H groups in total. The Kier molecular flexibility index (Phi) is 16.2. The molecule has 2 aliphatic carbocycles. The fourth-order valence-electron chi connectivity index (χ4n) is 9.24. The van der Waals surface area contributed by atoms with Crippen LogP contribution in [0, 0.1) is 5.92 Å². The fourth-order valence-corrected chi connectivity index (χ4v) is 9.24. The van der Waals surface area contributed by atoms with E-state index in [0.717, 1.165) is 70.6 Å². The molecule has 314 valence electrons. The molecule has 56 heavy (non-hydrogen) atoms. The molecule has 0 aromatic heterocycles. The fraction of sp³-hybridized carbons (Fsp3) is 0.825. The molecule has 0 bridgehead atoms. The topological polar surface area (TPSA) is 247 Å². The number of fused-ring (bicyclic) bond motifs is 2. The molecule has 5 fully saturated rings.